The van der Waals surface area contributed by atoms with E-state index in [0.29, 0.717) is 66.8 Å². The molecule has 43 heavy (non-hydrogen) atoms. The fourth-order valence-corrected chi connectivity index (χ4v) is 4.94. The Morgan fingerprint density at radius 3 is 2.74 bits per heavy atom. The zero-order chi connectivity index (χ0) is 29.9. The molecule has 2 aromatic heterocycles. The number of aromatic nitrogens is 3. The van der Waals surface area contributed by atoms with Gasteiger partial charge in [-0.05, 0) is 36.8 Å². The molecule has 2 aliphatic heterocycles. The van der Waals surface area contributed by atoms with Crippen molar-refractivity contribution in [2.24, 2.45) is 5.10 Å². The molecular formula is C30H28FN7O5. The van der Waals surface area contributed by atoms with Crippen LogP contribution in [0.5, 0.6) is 11.6 Å². The molecular weight excluding hydrogens is 557 g/mol. The highest BCUT2D eigenvalue weighted by atomic mass is 19.1. The maximum atomic E-state index is 14.2. The number of rotatable bonds is 10. The van der Waals surface area contributed by atoms with E-state index in [2.05, 4.69) is 10.1 Å². The van der Waals surface area contributed by atoms with Gasteiger partial charge >= 0.3 is 5.97 Å². The van der Waals surface area contributed by atoms with Gasteiger partial charge in [-0.1, -0.05) is 12.1 Å². The molecule has 0 saturated carbocycles. The Morgan fingerprint density at radius 2 is 2.07 bits per heavy atom. The first kappa shape index (κ1) is 27.9. The molecule has 1 saturated heterocycles. The number of nitrogens with zero attached hydrogens (tertiary/aromatic N) is 7. The van der Waals surface area contributed by atoms with Crippen molar-refractivity contribution in [3.05, 3.63) is 76.9 Å². The summed E-state index contributed by atoms with van der Waals surface area (Å²) >= 11 is 0. The lowest BCUT2D eigenvalue weighted by Crippen LogP contribution is -2.38. The average molecular weight is 586 g/mol. The van der Waals surface area contributed by atoms with Gasteiger partial charge in [0, 0.05) is 24.8 Å². The largest absolute Gasteiger partial charge is 0.494 e. The second-order valence-corrected chi connectivity index (χ2v) is 10.1. The smallest absolute Gasteiger partial charge is 0.335 e. The number of carbonyl (C=O) groups is 1. The highest BCUT2D eigenvalue weighted by Gasteiger charge is 2.25. The summed E-state index contributed by atoms with van der Waals surface area (Å²) in [4.78, 5) is 23.0. The lowest BCUT2D eigenvalue weighted by Gasteiger charge is -2.30. The molecule has 0 unspecified atom stereocenters. The minimum Gasteiger partial charge on any atom is -0.494 e. The summed E-state index contributed by atoms with van der Waals surface area (Å²) in [5.74, 6) is 0.529. The van der Waals surface area contributed by atoms with Crippen LogP contribution in [0.3, 0.4) is 0 Å². The van der Waals surface area contributed by atoms with Gasteiger partial charge in [0.1, 0.15) is 41.7 Å². The van der Waals surface area contributed by atoms with E-state index in [1.807, 2.05) is 26.6 Å². The fourth-order valence-electron chi connectivity index (χ4n) is 4.94. The predicted octanol–water partition coefficient (Wildman–Crippen LogP) is 3.78. The predicted molar refractivity (Wildman–Crippen MR) is 154 cm³/mol. The Bertz CT molecular complexity index is 1750. The molecule has 0 bridgehead atoms. The number of pyridine rings is 1. The van der Waals surface area contributed by atoms with Crippen LogP contribution >= 0.6 is 0 Å². The van der Waals surface area contributed by atoms with Crippen molar-refractivity contribution in [1.29, 1.82) is 5.26 Å². The van der Waals surface area contributed by atoms with Gasteiger partial charge in [-0.3, -0.25) is 5.01 Å². The van der Waals surface area contributed by atoms with E-state index in [0.717, 1.165) is 12.2 Å². The molecule has 4 aromatic rings. The summed E-state index contributed by atoms with van der Waals surface area (Å²) in [7, 11) is 1.50. The Labute approximate surface area is 246 Å². The standard InChI is InChI=1S/C30H28FN7O5/c1-41-25-13-21(30(39)40)12-24-29(25)35-27(38(24)15-22-7-10-42-22)16-37-9-8-36(18-33-37)26-3-2-4-28(34-26)43-17-20-6-5-19(14-32)11-23(20)31/h2-6,11-13,18,22H,7-10,15-17H2,1H3,(H,39,40)/t22-/m0/s1. The first-order valence-corrected chi connectivity index (χ1v) is 13.7. The maximum Gasteiger partial charge on any atom is 0.335 e. The number of ether oxygens (including phenoxy) is 3. The minimum atomic E-state index is -1.04. The van der Waals surface area contributed by atoms with E-state index < -0.39 is 11.8 Å². The molecule has 2 aliphatic rings. The SMILES string of the molecule is COc1cc(C(=O)O)cc2c1nc(CN1CCN(c3cccc(OCc4ccc(C#N)cc4F)n3)C=N1)n2C[C@@H]1CCO1. The highest BCUT2D eigenvalue weighted by molar-refractivity contribution is 5.95. The molecule has 6 rings (SSSR count). The van der Waals surface area contributed by atoms with Crippen LogP contribution in [0.15, 0.2) is 53.6 Å². The molecule has 2 aromatic carbocycles. The van der Waals surface area contributed by atoms with E-state index in [1.165, 1.54) is 25.3 Å². The van der Waals surface area contributed by atoms with E-state index >= 15 is 0 Å². The topological polar surface area (TPSA) is 138 Å². The first-order valence-electron chi connectivity index (χ1n) is 13.7. The number of benzene rings is 2. The van der Waals surface area contributed by atoms with E-state index in [1.54, 1.807) is 30.6 Å². The van der Waals surface area contributed by atoms with Crippen molar-refractivity contribution in [2.45, 2.75) is 32.2 Å². The fraction of sp³-hybridized carbons (Fsp3) is 0.300. The molecule has 4 heterocycles. The monoisotopic (exact) mass is 585 g/mol. The number of halogens is 1. The third-order valence-corrected chi connectivity index (χ3v) is 7.38. The molecule has 0 amide bonds. The maximum absolute atomic E-state index is 14.2. The van der Waals surface area contributed by atoms with Gasteiger partial charge in [0.05, 0.1) is 55.6 Å². The lowest BCUT2D eigenvalue weighted by molar-refractivity contribution is -0.0592. The summed E-state index contributed by atoms with van der Waals surface area (Å²) in [5, 5.41) is 25.1. The molecule has 1 fully saturated rings. The molecule has 0 radical (unpaired) electrons. The summed E-state index contributed by atoms with van der Waals surface area (Å²) in [5.41, 5.74) is 1.96. The number of hydrazone groups is 1. The number of carboxylic acid groups (broad SMARTS) is 1. The van der Waals surface area contributed by atoms with Crippen molar-refractivity contribution < 1.29 is 28.5 Å². The van der Waals surface area contributed by atoms with Gasteiger partial charge in [-0.25, -0.2) is 14.2 Å². The van der Waals surface area contributed by atoms with Crippen molar-refractivity contribution in [3.8, 4) is 17.7 Å². The number of nitriles is 1. The third kappa shape index (κ3) is 5.91. The van der Waals surface area contributed by atoms with E-state index in [9.17, 15) is 14.3 Å². The minimum absolute atomic E-state index is 0.0263. The van der Waals surface area contributed by atoms with Crippen LogP contribution in [0.2, 0.25) is 0 Å². The van der Waals surface area contributed by atoms with Crippen LogP contribution in [0.4, 0.5) is 10.2 Å². The number of methoxy groups -OCH3 is 1. The number of hydrogen-bond acceptors (Lipinski definition) is 10. The van der Waals surface area contributed by atoms with Gasteiger partial charge < -0.3 is 28.8 Å². The molecule has 1 atom stereocenters. The number of carboxylic acids is 1. The third-order valence-electron chi connectivity index (χ3n) is 7.38. The number of anilines is 1. The van der Waals surface area contributed by atoms with Crippen molar-refractivity contribution >= 4 is 29.2 Å². The normalized spacial score (nSPS) is 16.2. The van der Waals surface area contributed by atoms with Crippen molar-refractivity contribution in [1.82, 2.24) is 19.5 Å². The summed E-state index contributed by atoms with van der Waals surface area (Å²) in [6.45, 7) is 2.77. The van der Waals surface area contributed by atoms with Crippen molar-refractivity contribution in [2.75, 3.05) is 31.7 Å². The quantitative estimate of drug-likeness (QED) is 0.293. The van der Waals surface area contributed by atoms with Crippen LogP contribution in [0, 0.1) is 17.1 Å². The van der Waals surface area contributed by atoms with Crippen LogP contribution < -0.4 is 14.4 Å². The summed E-state index contributed by atoms with van der Waals surface area (Å²) < 4.78 is 33.1. The molecule has 1 N–H and O–H groups in total. The highest BCUT2D eigenvalue weighted by Crippen LogP contribution is 2.30. The average Bonchev–Trinajstić information content (AvgIpc) is 3.34. The van der Waals surface area contributed by atoms with E-state index in [4.69, 9.17) is 24.5 Å². The zero-order valence-corrected chi connectivity index (χ0v) is 23.3. The van der Waals surface area contributed by atoms with Gasteiger partial charge in [0.25, 0.3) is 0 Å². The molecule has 0 spiro atoms. The van der Waals surface area contributed by atoms with Crippen LogP contribution in [0.25, 0.3) is 11.0 Å². The number of hydrogen-bond donors (Lipinski definition) is 1. The number of fused-ring (bicyclic) bond motifs is 1. The Morgan fingerprint density at radius 1 is 1.21 bits per heavy atom. The second kappa shape index (κ2) is 11.9. The second-order valence-electron chi connectivity index (χ2n) is 10.1. The Balaban J connectivity index is 1.17. The molecule has 13 heteroatoms. The Kier molecular flexibility index (Phi) is 7.76. The molecule has 0 aliphatic carbocycles. The Hall–Kier alpha value is -5.22. The van der Waals surface area contributed by atoms with Gasteiger partial charge in [-0.15, -0.1) is 0 Å². The first-order chi connectivity index (χ1) is 20.9. The van der Waals surface area contributed by atoms with Crippen molar-refractivity contribution in [3.63, 3.8) is 0 Å². The molecule has 12 nitrogen and oxygen atoms in total. The van der Waals surface area contributed by atoms with Gasteiger partial charge in [0.15, 0.2) is 0 Å². The lowest BCUT2D eigenvalue weighted by atomic mass is 10.1. The summed E-state index contributed by atoms with van der Waals surface area (Å²) in [6, 6.07) is 14.6. The van der Waals surface area contributed by atoms with Crippen LogP contribution in [-0.4, -0.2) is 69.9 Å². The van der Waals surface area contributed by atoms with E-state index in [-0.39, 0.29) is 23.8 Å². The molecule has 220 valence electrons. The van der Waals surface area contributed by atoms with Gasteiger partial charge in [0.2, 0.25) is 5.88 Å². The summed E-state index contributed by atoms with van der Waals surface area (Å²) in [6.07, 6.45) is 2.63. The van der Waals surface area contributed by atoms with Crippen LogP contribution in [-0.2, 0) is 24.4 Å². The van der Waals surface area contributed by atoms with Gasteiger partial charge in [-0.2, -0.15) is 15.3 Å². The number of imidazole rings is 1. The van der Waals surface area contributed by atoms with Crippen LogP contribution in [0.1, 0.15) is 33.7 Å². The zero-order valence-electron chi connectivity index (χ0n) is 23.3. The number of aromatic carboxylic acids is 1.